The van der Waals surface area contributed by atoms with Gasteiger partial charge < -0.3 is 26.0 Å². The monoisotopic (exact) mass is 499 g/mol. The molecule has 196 valence electrons. The number of piperazine rings is 1. The van der Waals surface area contributed by atoms with Crippen LogP contribution in [0, 0.1) is 5.92 Å². The summed E-state index contributed by atoms with van der Waals surface area (Å²) >= 11 is 0. The second kappa shape index (κ2) is 12.9. The highest BCUT2D eigenvalue weighted by Gasteiger charge is 2.55. The molecule has 2 fully saturated rings. The summed E-state index contributed by atoms with van der Waals surface area (Å²) in [4.78, 5) is 54.0. The van der Waals surface area contributed by atoms with Crippen molar-refractivity contribution < 1.29 is 24.3 Å². The summed E-state index contributed by atoms with van der Waals surface area (Å²) in [6.45, 7) is 5.32. The number of carboxylic acids is 1. The zero-order valence-electron chi connectivity index (χ0n) is 20.7. The van der Waals surface area contributed by atoms with Gasteiger partial charge in [-0.1, -0.05) is 43.3 Å². The maximum absolute atomic E-state index is 12.9. The Kier molecular flexibility index (Phi) is 9.72. The van der Waals surface area contributed by atoms with E-state index in [0.29, 0.717) is 44.7 Å². The lowest BCUT2D eigenvalue weighted by atomic mass is 9.83. The van der Waals surface area contributed by atoms with Gasteiger partial charge in [-0.3, -0.25) is 9.59 Å². The molecule has 1 aromatic carbocycles. The number of hydrogen-bond acceptors (Lipinski definition) is 6. The van der Waals surface area contributed by atoms with E-state index in [2.05, 4.69) is 24.0 Å². The van der Waals surface area contributed by atoms with E-state index in [1.54, 1.807) is 4.90 Å². The normalized spacial score (nSPS) is 19.6. The van der Waals surface area contributed by atoms with Gasteiger partial charge in [-0.25, -0.2) is 14.5 Å². The number of likely N-dealkylation sites (tertiary alicyclic amines) is 1. The van der Waals surface area contributed by atoms with Crippen LogP contribution >= 0.6 is 0 Å². The largest absolute Gasteiger partial charge is 0.480 e. The molecule has 2 aliphatic heterocycles. The Labute approximate surface area is 212 Å². The van der Waals surface area contributed by atoms with Crippen molar-refractivity contribution in [2.24, 2.45) is 11.7 Å². The summed E-state index contributed by atoms with van der Waals surface area (Å²) in [6.07, 6.45) is 5.19. The number of nitrogens with two attached hydrogens (primary N) is 1. The fourth-order valence-electron chi connectivity index (χ4n) is 4.78. The van der Waals surface area contributed by atoms with Crippen molar-refractivity contribution in [1.82, 2.24) is 20.0 Å². The molecule has 2 atom stereocenters. The van der Waals surface area contributed by atoms with E-state index in [-0.39, 0.29) is 19.0 Å². The van der Waals surface area contributed by atoms with Crippen LogP contribution in [-0.4, -0.2) is 82.4 Å². The van der Waals surface area contributed by atoms with Gasteiger partial charge >= 0.3 is 12.0 Å². The SMILES string of the molecule is C=C(N)NCCC[C@H]1C(=O)N(C(=O)N2CCN(C(=O)CCCCCc3ccccc3)CC2)C1C(=O)O. The quantitative estimate of drug-likeness (QED) is 0.294. The molecule has 10 nitrogen and oxygen atoms in total. The van der Waals surface area contributed by atoms with Crippen LogP contribution in [0.25, 0.3) is 0 Å². The maximum atomic E-state index is 12.9. The van der Waals surface area contributed by atoms with Gasteiger partial charge in [0, 0.05) is 39.1 Å². The summed E-state index contributed by atoms with van der Waals surface area (Å²) < 4.78 is 0. The molecule has 2 aliphatic rings. The first-order valence-corrected chi connectivity index (χ1v) is 12.6. The molecule has 0 spiro atoms. The van der Waals surface area contributed by atoms with E-state index in [9.17, 15) is 24.3 Å². The minimum atomic E-state index is -1.19. The van der Waals surface area contributed by atoms with Crippen molar-refractivity contribution in [3.8, 4) is 0 Å². The molecule has 3 rings (SSSR count). The lowest BCUT2D eigenvalue weighted by Crippen LogP contribution is -2.69. The number of rotatable bonds is 12. The number of carboxylic acid groups (broad SMARTS) is 1. The van der Waals surface area contributed by atoms with Gasteiger partial charge in [0.05, 0.1) is 11.7 Å². The van der Waals surface area contributed by atoms with Crippen molar-refractivity contribution in [3.05, 3.63) is 48.3 Å². The van der Waals surface area contributed by atoms with Crippen molar-refractivity contribution in [2.75, 3.05) is 32.7 Å². The smallest absolute Gasteiger partial charge is 0.327 e. The lowest BCUT2D eigenvalue weighted by molar-refractivity contribution is -0.167. The third kappa shape index (κ3) is 6.99. The second-order valence-electron chi connectivity index (χ2n) is 9.39. The van der Waals surface area contributed by atoms with E-state index in [1.165, 1.54) is 10.5 Å². The minimum Gasteiger partial charge on any atom is -0.480 e. The number of nitrogens with one attached hydrogen (secondary N) is 1. The highest BCUT2D eigenvalue weighted by atomic mass is 16.4. The van der Waals surface area contributed by atoms with Gasteiger partial charge in [-0.2, -0.15) is 0 Å². The standard InChI is InChI=1S/C26H37N5O5/c1-19(27)28-14-8-12-21-23(25(34)35)31(24(21)33)26(36)30-17-15-29(16-18-30)22(32)13-7-3-6-11-20-9-4-2-5-10-20/h2,4-5,9-10,21,23,28H,1,3,6-8,11-18,27H2,(H,34,35)/t21-,23?/m1/s1. The second-order valence-corrected chi connectivity index (χ2v) is 9.39. The van der Waals surface area contributed by atoms with Gasteiger partial charge in [-0.15, -0.1) is 0 Å². The molecular formula is C26H37N5O5. The van der Waals surface area contributed by atoms with Gasteiger partial charge in [-0.05, 0) is 37.7 Å². The van der Waals surface area contributed by atoms with Crippen LogP contribution in [0.4, 0.5) is 4.79 Å². The fraction of sp³-hybridized carbons (Fsp3) is 0.538. The van der Waals surface area contributed by atoms with Crippen LogP contribution in [-0.2, 0) is 20.8 Å². The minimum absolute atomic E-state index is 0.0686. The first kappa shape index (κ1) is 27.0. The molecule has 1 aromatic rings. The highest BCUT2D eigenvalue weighted by molar-refractivity contribution is 6.07. The average Bonchev–Trinajstić information content (AvgIpc) is 2.86. The Morgan fingerprint density at radius 1 is 1.00 bits per heavy atom. The van der Waals surface area contributed by atoms with Crippen LogP contribution in [0.15, 0.2) is 42.7 Å². The van der Waals surface area contributed by atoms with E-state index in [0.717, 1.165) is 30.6 Å². The predicted molar refractivity (Wildman–Crippen MR) is 134 cm³/mol. The van der Waals surface area contributed by atoms with E-state index in [1.807, 2.05) is 18.2 Å². The number of carbonyl (C=O) groups is 4. The fourth-order valence-corrected chi connectivity index (χ4v) is 4.78. The number of urea groups is 1. The molecule has 4 amide bonds. The first-order chi connectivity index (χ1) is 17.3. The molecule has 0 aromatic heterocycles. The molecule has 4 N–H and O–H groups in total. The number of β-lactam (4-membered cyclic amide) rings is 1. The zero-order valence-corrected chi connectivity index (χ0v) is 20.7. The topological polar surface area (TPSA) is 136 Å². The van der Waals surface area contributed by atoms with Crippen molar-refractivity contribution >= 4 is 23.8 Å². The lowest BCUT2D eigenvalue weighted by Gasteiger charge is -2.46. The molecule has 10 heteroatoms. The Balaban J connectivity index is 1.38. The van der Waals surface area contributed by atoms with Gasteiger partial charge in [0.2, 0.25) is 11.8 Å². The number of unbranched alkanes of at least 4 members (excludes halogenated alkanes) is 2. The summed E-state index contributed by atoms with van der Waals surface area (Å²) in [5.41, 5.74) is 6.74. The van der Waals surface area contributed by atoms with Crippen LogP contribution < -0.4 is 11.1 Å². The Hall–Kier alpha value is -3.56. The van der Waals surface area contributed by atoms with E-state index < -0.39 is 29.9 Å². The van der Waals surface area contributed by atoms with Crippen molar-refractivity contribution in [2.45, 2.75) is 51.0 Å². The molecule has 2 heterocycles. The molecule has 0 aliphatic carbocycles. The van der Waals surface area contributed by atoms with Crippen LogP contribution in [0.1, 0.15) is 44.1 Å². The van der Waals surface area contributed by atoms with E-state index >= 15 is 0 Å². The molecule has 0 saturated carbocycles. The summed E-state index contributed by atoms with van der Waals surface area (Å²) in [5.74, 6) is -2.01. The number of hydrogen-bond donors (Lipinski definition) is 3. The summed E-state index contributed by atoms with van der Waals surface area (Å²) in [5, 5.41) is 12.5. The van der Waals surface area contributed by atoms with Gasteiger partial charge in [0.15, 0.2) is 6.04 Å². The third-order valence-electron chi connectivity index (χ3n) is 6.82. The van der Waals surface area contributed by atoms with Gasteiger partial charge in [0.25, 0.3) is 0 Å². The zero-order chi connectivity index (χ0) is 26.1. The molecule has 0 bridgehead atoms. The number of amides is 4. The van der Waals surface area contributed by atoms with Crippen LogP contribution in [0.3, 0.4) is 0 Å². The average molecular weight is 500 g/mol. The summed E-state index contributed by atoms with van der Waals surface area (Å²) in [6, 6.07) is 8.52. The third-order valence-corrected chi connectivity index (χ3v) is 6.82. The Morgan fingerprint density at radius 3 is 2.31 bits per heavy atom. The first-order valence-electron chi connectivity index (χ1n) is 12.6. The van der Waals surface area contributed by atoms with Gasteiger partial charge in [0.1, 0.15) is 0 Å². The number of carbonyl (C=O) groups excluding carboxylic acids is 3. The van der Waals surface area contributed by atoms with Crippen LogP contribution in [0.2, 0.25) is 0 Å². The number of benzene rings is 1. The van der Waals surface area contributed by atoms with Crippen LogP contribution in [0.5, 0.6) is 0 Å². The highest BCUT2D eigenvalue weighted by Crippen LogP contribution is 2.32. The number of aliphatic carboxylic acids is 1. The number of aryl methyl sites for hydroxylation is 1. The molecular weight excluding hydrogens is 462 g/mol. The predicted octanol–water partition coefficient (Wildman–Crippen LogP) is 1.77. The van der Waals surface area contributed by atoms with Crippen molar-refractivity contribution in [3.63, 3.8) is 0 Å². The molecule has 0 radical (unpaired) electrons. The molecule has 2 saturated heterocycles. The molecule has 1 unspecified atom stereocenters. The molecule has 36 heavy (non-hydrogen) atoms. The maximum Gasteiger partial charge on any atom is 0.327 e. The summed E-state index contributed by atoms with van der Waals surface area (Å²) in [7, 11) is 0. The Bertz CT molecular complexity index is 945. The van der Waals surface area contributed by atoms with Crippen molar-refractivity contribution in [1.29, 1.82) is 0 Å². The number of nitrogens with zero attached hydrogens (tertiary/aromatic N) is 3. The van der Waals surface area contributed by atoms with E-state index in [4.69, 9.17) is 5.73 Å². The number of imide groups is 1. The Morgan fingerprint density at radius 2 is 1.67 bits per heavy atom.